The number of aromatic nitrogens is 1. The maximum Gasteiger partial charge on any atom is 0.223 e. The SMILES string of the molecule is O=C(CCc1cccnc1)N1CCN(c2ccc(Cl)cc2)CC1. The van der Waals surface area contributed by atoms with Crippen LogP contribution in [0.15, 0.2) is 48.8 Å². The van der Waals surface area contributed by atoms with Gasteiger partial charge in [-0.2, -0.15) is 0 Å². The number of halogens is 1. The molecule has 5 heteroatoms. The Balaban J connectivity index is 1.48. The van der Waals surface area contributed by atoms with Gasteiger partial charge in [0.1, 0.15) is 0 Å². The van der Waals surface area contributed by atoms with Crippen molar-refractivity contribution in [1.82, 2.24) is 9.88 Å². The molecule has 0 aliphatic carbocycles. The molecule has 0 bridgehead atoms. The molecule has 0 atom stereocenters. The molecule has 2 aromatic rings. The van der Waals surface area contributed by atoms with Crippen molar-refractivity contribution in [2.24, 2.45) is 0 Å². The molecule has 1 aliphatic heterocycles. The van der Waals surface area contributed by atoms with Gasteiger partial charge in [0.25, 0.3) is 0 Å². The average Bonchev–Trinajstić information content (AvgIpc) is 2.61. The molecule has 0 radical (unpaired) electrons. The fraction of sp³-hybridized carbons (Fsp3) is 0.333. The Labute approximate surface area is 141 Å². The first-order valence-corrected chi connectivity index (χ1v) is 8.27. The van der Waals surface area contributed by atoms with Crippen molar-refractivity contribution >= 4 is 23.2 Å². The second kappa shape index (κ2) is 7.47. The number of benzene rings is 1. The number of hydrogen-bond donors (Lipinski definition) is 0. The van der Waals surface area contributed by atoms with Crippen LogP contribution in [0.2, 0.25) is 5.02 Å². The lowest BCUT2D eigenvalue weighted by molar-refractivity contribution is -0.131. The summed E-state index contributed by atoms with van der Waals surface area (Å²) in [6.45, 7) is 3.27. The van der Waals surface area contributed by atoms with Gasteiger partial charge in [-0.25, -0.2) is 0 Å². The Morgan fingerprint density at radius 1 is 1.09 bits per heavy atom. The number of rotatable bonds is 4. The van der Waals surface area contributed by atoms with Crippen LogP contribution in [-0.4, -0.2) is 42.0 Å². The zero-order valence-electron chi connectivity index (χ0n) is 13.0. The molecule has 0 saturated carbocycles. The molecule has 0 unspecified atom stereocenters. The summed E-state index contributed by atoms with van der Waals surface area (Å²) in [5.74, 6) is 0.226. The fourth-order valence-electron chi connectivity index (χ4n) is 2.82. The number of anilines is 1. The van der Waals surface area contributed by atoms with Crippen LogP contribution in [0, 0.1) is 0 Å². The van der Waals surface area contributed by atoms with Gasteiger partial charge in [-0.05, 0) is 42.3 Å². The lowest BCUT2D eigenvalue weighted by atomic mass is 10.1. The largest absolute Gasteiger partial charge is 0.368 e. The molecule has 1 fully saturated rings. The van der Waals surface area contributed by atoms with Crippen LogP contribution >= 0.6 is 11.6 Å². The lowest BCUT2D eigenvalue weighted by Crippen LogP contribution is -2.48. The van der Waals surface area contributed by atoms with E-state index in [1.165, 1.54) is 0 Å². The van der Waals surface area contributed by atoms with Crippen molar-refractivity contribution in [2.75, 3.05) is 31.1 Å². The smallest absolute Gasteiger partial charge is 0.223 e. The molecule has 2 heterocycles. The molecule has 3 rings (SSSR count). The van der Waals surface area contributed by atoms with Crippen LogP contribution in [0.5, 0.6) is 0 Å². The van der Waals surface area contributed by atoms with Crippen LogP contribution in [-0.2, 0) is 11.2 Å². The van der Waals surface area contributed by atoms with Crippen LogP contribution in [0.4, 0.5) is 5.69 Å². The number of hydrogen-bond acceptors (Lipinski definition) is 3. The number of amides is 1. The molecule has 0 N–H and O–H groups in total. The predicted octanol–water partition coefficient (Wildman–Crippen LogP) is 3.02. The van der Waals surface area contributed by atoms with Crippen molar-refractivity contribution in [2.45, 2.75) is 12.8 Å². The highest BCUT2D eigenvalue weighted by atomic mass is 35.5. The Morgan fingerprint density at radius 3 is 2.48 bits per heavy atom. The Kier molecular flexibility index (Phi) is 5.13. The van der Waals surface area contributed by atoms with Crippen molar-refractivity contribution < 1.29 is 4.79 Å². The second-order valence-corrected chi connectivity index (χ2v) is 6.14. The number of carbonyl (C=O) groups excluding carboxylic acids is 1. The highest BCUT2D eigenvalue weighted by Crippen LogP contribution is 2.19. The highest BCUT2D eigenvalue weighted by Gasteiger charge is 2.20. The van der Waals surface area contributed by atoms with E-state index in [9.17, 15) is 4.79 Å². The van der Waals surface area contributed by atoms with Crippen LogP contribution in [0.3, 0.4) is 0 Å². The van der Waals surface area contributed by atoms with E-state index in [0.717, 1.165) is 48.9 Å². The third kappa shape index (κ3) is 4.23. The summed E-state index contributed by atoms with van der Waals surface area (Å²) in [6, 6.07) is 11.8. The first kappa shape index (κ1) is 15.8. The Morgan fingerprint density at radius 2 is 1.83 bits per heavy atom. The van der Waals surface area contributed by atoms with Gasteiger partial charge in [-0.3, -0.25) is 9.78 Å². The standard InChI is InChI=1S/C18H20ClN3O/c19-16-4-6-17(7-5-16)21-10-12-22(13-11-21)18(23)8-3-15-2-1-9-20-14-15/h1-2,4-7,9,14H,3,8,10-13H2. The summed E-state index contributed by atoms with van der Waals surface area (Å²) in [4.78, 5) is 20.7. The van der Waals surface area contributed by atoms with E-state index in [0.29, 0.717) is 6.42 Å². The van der Waals surface area contributed by atoms with Gasteiger partial charge in [0, 0.05) is 55.7 Å². The maximum absolute atomic E-state index is 12.3. The Bertz CT molecular complexity index is 637. The van der Waals surface area contributed by atoms with Gasteiger partial charge in [-0.15, -0.1) is 0 Å². The van der Waals surface area contributed by atoms with Crippen LogP contribution < -0.4 is 4.90 Å². The summed E-state index contributed by atoms with van der Waals surface area (Å²) >= 11 is 5.92. The fourth-order valence-corrected chi connectivity index (χ4v) is 2.95. The molecular formula is C18H20ClN3O. The van der Waals surface area contributed by atoms with Crippen molar-refractivity contribution in [3.63, 3.8) is 0 Å². The van der Waals surface area contributed by atoms with E-state index in [-0.39, 0.29) is 5.91 Å². The van der Waals surface area contributed by atoms with Crippen molar-refractivity contribution in [1.29, 1.82) is 0 Å². The third-order valence-corrected chi connectivity index (χ3v) is 4.43. The summed E-state index contributed by atoms with van der Waals surface area (Å²) in [7, 11) is 0. The zero-order chi connectivity index (χ0) is 16.1. The topological polar surface area (TPSA) is 36.4 Å². The molecule has 120 valence electrons. The number of piperazine rings is 1. The van der Waals surface area contributed by atoms with Crippen molar-refractivity contribution in [3.8, 4) is 0 Å². The molecule has 1 amide bonds. The van der Waals surface area contributed by atoms with E-state index in [4.69, 9.17) is 11.6 Å². The normalized spacial score (nSPS) is 14.8. The molecule has 1 aliphatic rings. The van der Waals surface area contributed by atoms with Gasteiger partial charge in [0.05, 0.1) is 0 Å². The summed E-state index contributed by atoms with van der Waals surface area (Å²) < 4.78 is 0. The number of carbonyl (C=O) groups is 1. The quantitative estimate of drug-likeness (QED) is 0.865. The minimum absolute atomic E-state index is 0.226. The van der Waals surface area contributed by atoms with Gasteiger partial charge >= 0.3 is 0 Å². The van der Waals surface area contributed by atoms with E-state index < -0.39 is 0 Å². The average molecular weight is 330 g/mol. The first-order valence-electron chi connectivity index (χ1n) is 7.89. The molecule has 1 aromatic heterocycles. The molecule has 0 spiro atoms. The highest BCUT2D eigenvalue weighted by molar-refractivity contribution is 6.30. The monoisotopic (exact) mass is 329 g/mol. The van der Waals surface area contributed by atoms with Crippen molar-refractivity contribution in [3.05, 3.63) is 59.4 Å². The lowest BCUT2D eigenvalue weighted by Gasteiger charge is -2.36. The van der Waals surface area contributed by atoms with E-state index >= 15 is 0 Å². The molecule has 23 heavy (non-hydrogen) atoms. The first-order chi connectivity index (χ1) is 11.2. The predicted molar refractivity (Wildman–Crippen MR) is 92.8 cm³/mol. The molecule has 1 saturated heterocycles. The summed E-state index contributed by atoms with van der Waals surface area (Å²) in [6.07, 6.45) is 4.88. The second-order valence-electron chi connectivity index (χ2n) is 5.71. The van der Waals surface area contributed by atoms with E-state index in [2.05, 4.69) is 9.88 Å². The summed E-state index contributed by atoms with van der Waals surface area (Å²) in [5, 5.41) is 0.748. The summed E-state index contributed by atoms with van der Waals surface area (Å²) in [5.41, 5.74) is 2.28. The number of pyridine rings is 1. The van der Waals surface area contributed by atoms with E-state index in [1.54, 1.807) is 6.20 Å². The minimum atomic E-state index is 0.226. The van der Waals surface area contributed by atoms with Crippen LogP contribution in [0.25, 0.3) is 0 Å². The molecule has 4 nitrogen and oxygen atoms in total. The molecule has 1 aromatic carbocycles. The maximum atomic E-state index is 12.3. The van der Waals surface area contributed by atoms with Gasteiger partial charge in [0.15, 0.2) is 0 Å². The number of nitrogens with zero attached hydrogens (tertiary/aromatic N) is 3. The van der Waals surface area contributed by atoms with Gasteiger partial charge < -0.3 is 9.80 Å². The van der Waals surface area contributed by atoms with E-state index in [1.807, 2.05) is 47.5 Å². The van der Waals surface area contributed by atoms with Gasteiger partial charge in [-0.1, -0.05) is 17.7 Å². The zero-order valence-corrected chi connectivity index (χ0v) is 13.7. The van der Waals surface area contributed by atoms with Gasteiger partial charge in [0.2, 0.25) is 5.91 Å². The van der Waals surface area contributed by atoms with Crippen LogP contribution in [0.1, 0.15) is 12.0 Å². The number of aryl methyl sites for hydroxylation is 1. The minimum Gasteiger partial charge on any atom is -0.368 e. The Hall–Kier alpha value is -2.07. The molecular weight excluding hydrogens is 310 g/mol. The third-order valence-electron chi connectivity index (χ3n) is 4.17.